The van der Waals surface area contributed by atoms with Crippen molar-refractivity contribution in [2.24, 2.45) is 69.5 Å². The summed E-state index contributed by atoms with van der Waals surface area (Å²) in [5.74, 6) is 5.34. The number of carbonyl (C=O) groups excluding carboxylic acids is 2. The molecule has 0 amide bonds. The van der Waals surface area contributed by atoms with Crippen molar-refractivity contribution in [3.05, 3.63) is 0 Å². The summed E-state index contributed by atoms with van der Waals surface area (Å²) in [7, 11) is 0. The third-order valence-corrected chi connectivity index (χ3v) is 17.1. The molecule has 4 bridgehead atoms. The minimum absolute atomic E-state index is 0.0276. The minimum atomic E-state index is -0.569. The van der Waals surface area contributed by atoms with Gasteiger partial charge < -0.3 is 24.1 Å². The van der Waals surface area contributed by atoms with Gasteiger partial charge in [0.1, 0.15) is 6.10 Å². The lowest BCUT2D eigenvalue weighted by Crippen LogP contribution is -2.59. The summed E-state index contributed by atoms with van der Waals surface area (Å²) in [5, 5.41) is 12.0. The van der Waals surface area contributed by atoms with Gasteiger partial charge in [-0.15, -0.1) is 0 Å². The minimum Gasteiger partial charge on any atom is -0.462 e. The van der Waals surface area contributed by atoms with Crippen molar-refractivity contribution in [2.45, 2.75) is 182 Å². The lowest BCUT2D eigenvalue weighted by atomic mass is 9.43. The fraction of sp³-hybridized carbons (Fsp3) is 0.955. The molecule has 0 heterocycles. The summed E-state index contributed by atoms with van der Waals surface area (Å²) >= 11 is 0. The smallest absolute Gasteiger partial charge is 0.311 e. The van der Waals surface area contributed by atoms with Crippen LogP contribution in [0.1, 0.15) is 158 Å². The van der Waals surface area contributed by atoms with E-state index >= 15 is 0 Å². The molecule has 0 aromatic rings. The predicted molar refractivity (Wildman–Crippen MR) is 197 cm³/mol. The van der Waals surface area contributed by atoms with Crippen LogP contribution in [-0.4, -0.2) is 54.4 Å². The molecule has 7 heteroatoms. The molecule has 11 unspecified atom stereocenters. The molecule has 0 aromatic carbocycles. The fourth-order valence-electron chi connectivity index (χ4n) is 14.2. The highest BCUT2D eigenvalue weighted by atomic mass is 16.7. The summed E-state index contributed by atoms with van der Waals surface area (Å²) in [6.45, 7) is 16.1. The van der Waals surface area contributed by atoms with Crippen LogP contribution in [0.3, 0.4) is 0 Å². The Kier molecular flexibility index (Phi) is 10.8. The van der Waals surface area contributed by atoms with Gasteiger partial charge in [-0.3, -0.25) is 9.59 Å². The molecular weight excluding hydrogens is 640 g/mol. The number of rotatable bonds is 13. The predicted octanol–water partition coefficient (Wildman–Crippen LogP) is 9.27. The Morgan fingerprint density at radius 3 is 2.22 bits per heavy atom. The number of fused-ring (bicyclic) bond motifs is 5. The lowest BCUT2D eigenvalue weighted by molar-refractivity contribution is -0.194. The molecule has 0 aliphatic heterocycles. The Labute approximate surface area is 309 Å². The number of aliphatic hydroxyl groups is 1. The van der Waals surface area contributed by atoms with Crippen molar-refractivity contribution in [3.63, 3.8) is 0 Å². The van der Waals surface area contributed by atoms with E-state index in [1.165, 1.54) is 57.8 Å². The number of esters is 2. The van der Waals surface area contributed by atoms with Gasteiger partial charge in [0.2, 0.25) is 0 Å². The van der Waals surface area contributed by atoms with Crippen LogP contribution in [0.15, 0.2) is 0 Å². The standard InChI is InChI=1S/C44H72O7/c1-8-41(4,5)40(47)51-33-15-16-42(6)32(22-33)10-11-34-36-13-12-35(43(36,7)38(45)23-37(34)42)27(2)9-14-39(46)50-28(3)48-17-18-49-44-24-29-19-30(25-44)21-31(20-29)26-44/h27-38,45H,8-26H2,1-7H3. The Hall–Kier alpha value is -1.18. The molecule has 8 aliphatic carbocycles. The first-order valence-electron chi connectivity index (χ1n) is 21.5. The number of hydrogen-bond acceptors (Lipinski definition) is 7. The first-order valence-corrected chi connectivity index (χ1v) is 21.5. The van der Waals surface area contributed by atoms with E-state index in [0.717, 1.165) is 62.7 Å². The number of aliphatic hydroxyl groups excluding tert-OH is 1. The monoisotopic (exact) mass is 713 g/mol. The molecule has 0 radical (unpaired) electrons. The molecule has 8 fully saturated rings. The van der Waals surface area contributed by atoms with Crippen molar-refractivity contribution in [2.75, 3.05) is 13.2 Å². The second-order valence-electron chi connectivity index (χ2n) is 20.4. The first-order chi connectivity index (χ1) is 24.2. The van der Waals surface area contributed by atoms with Crippen LogP contribution in [0.5, 0.6) is 0 Å². The maximum atomic E-state index is 13.0. The zero-order valence-corrected chi connectivity index (χ0v) is 33.3. The average molecular weight is 713 g/mol. The molecule has 1 N–H and O–H groups in total. The van der Waals surface area contributed by atoms with Crippen LogP contribution < -0.4 is 0 Å². The van der Waals surface area contributed by atoms with Gasteiger partial charge >= 0.3 is 11.9 Å². The average Bonchev–Trinajstić information content (AvgIpc) is 3.44. The zero-order valence-electron chi connectivity index (χ0n) is 33.3. The fourth-order valence-corrected chi connectivity index (χ4v) is 14.2. The largest absolute Gasteiger partial charge is 0.462 e. The van der Waals surface area contributed by atoms with Gasteiger partial charge in [0.15, 0.2) is 6.29 Å². The molecule has 7 nitrogen and oxygen atoms in total. The van der Waals surface area contributed by atoms with Gasteiger partial charge in [0.25, 0.3) is 0 Å². The van der Waals surface area contributed by atoms with E-state index in [1.54, 1.807) is 0 Å². The normalized spacial score (nSPS) is 45.3. The maximum absolute atomic E-state index is 13.0. The molecule has 0 spiro atoms. The molecule has 11 atom stereocenters. The number of ether oxygens (including phenoxy) is 4. The third-order valence-electron chi connectivity index (χ3n) is 17.1. The van der Waals surface area contributed by atoms with Gasteiger partial charge in [-0.05, 0) is 188 Å². The summed E-state index contributed by atoms with van der Waals surface area (Å²) in [4.78, 5) is 25.8. The second-order valence-corrected chi connectivity index (χ2v) is 20.4. The summed E-state index contributed by atoms with van der Waals surface area (Å²) in [5.41, 5.74) is -0.263. The van der Waals surface area contributed by atoms with E-state index in [0.29, 0.717) is 55.1 Å². The highest BCUT2D eigenvalue weighted by molar-refractivity contribution is 5.76. The van der Waals surface area contributed by atoms with Gasteiger partial charge in [-0.2, -0.15) is 0 Å². The molecule has 8 saturated carbocycles. The van der Waals surface area contributed by atoms with Crippen LogP contribution in [0, 0.1) is 69.5 Å². The second kappa shape index (κ2) is 14.5. The number of carbonyl (C=O) groups is 2. The first kappa shape index (κ1) is 38.1. The van der Waals surface area contributed by atoms with Crippen LogP contribution in [0.2, 0.25) is 0 Å². The Bertz CT molecular complexity index is 1230. The molecule has 290 valence electrons. The van der Waals surface area contributed by atoms with E-state index in [2.05, 4.69) is 27.7 Å². The van der Waals surface area contributed by atoms with Gasteiger partial charge in [0, 0.05) is 6.42 Å². The summed E-state index contributed by atoms with van der Waals surface area (Å²) in [6.07, 6.45) is 17.6. The van der Waals surface area contributed by atoms with E-state index in [1.807, 2.05) is 20.8 Å². The van der Waals surface area contributed by atoms with Crippen molar-refractivity contribution < 1.29 is 33.6 Å². The van der Waals surface area contributed by atoms with E-state index < -0.39 is 11.7 Å². The van der Waals surface area contributed by atoms with Crippen LogP contribution >= 0.6 is 0 Å². The Morgan fingerprint density at radius 1 is 0.863 bits per heavy atom. The highest BCUT2D eigenvalue weighted by Crippen LogP contribution is 2.68. The third kappa shape index (κ3) is 7.21. The molecular formula is C44H72O7. The van der Waals surface area contributed by atoms with Crippen LogP contribution in [0.4, 0.5) is 0 Å². The quantitative estimate of drug-likeness (QED) is 0.116. The SMILES string of the molecule is CCC(C)(C)C(=O)OC1CCC2(C)C(CCC3C2CC(O)C2(C)C(C(C)CCC(=O)OC(C)OCCOC45CC6CC(CC(C6)C4)C5)CCC32)C1. The molecule has 51 heavy (non-hydrogen) atoms. The van der Waals surface area contributed by atoms with Gasteiger partial charge in [-0.25, -0.2) is 0 Å². The Morgan fingerprint density at radius 2 is 1.55 bits per heavy atom. The van der Waals surface area contributed by atoms with E-state index in [4.69, 9.17) is 18.9 Å². The van der Waals surface area contributed by atoms with Crippen molar-refractivity contribution in [1.29, 1.82) is 0 Å². The van der Waals surface area contributed by atoms with Crippen molar-refractivity contribution in [1.82, 2.24) is 0 Å². The molecule has 0 aromatic heterocycles. The summed E-state index contributed by atoms with van der Waals surface area (Å²) < 4.78 is 24.2. The van der Waals surface area contributed by atoms with E-state index in [9.17, 15) is 14.7 Å². The van der Waals surface area contributed by atoms with Crippen LogP contribution in [0.25, 0.3) is 0 Å². The molecule has 8 aliphatic rings. The number of hydrogen-bond donors (Lipinski definition) is 1. The van der Waals surface area contributed by atoms with Crippen molar-refractivity contribution >= 4 is 11.9 Å². The van der Waals surface area contributed by atoms with E-state index in [-0.39, 0.29) is 40.6 Å². The van der Waals surface area contributed by atoms with Crippen LogP contribution in [-0.2, 0) is 28.5 Å². The lowest BCUT2D eigenvalue weighted by Gasteiger charge is -2.62. The Balaban J connectivity index is 0.865. The summed E-state index contributed by atoms with van der Waals surface area (Å²) in [6, 6.07) is 0. The van der Waals surface area contributed by atoms with Crippen molar-refractivity contribution in [3.8, 4) is 0 Å². The molecule has 0 saturated heterocycles. The van der Waals surface area contributed by atoms with Gasteiger partial charge in [0.05, 0.1) is 30.3 Å². The zero-order chi connectivity index (χ0) is 36.3. The highest BCUT2D eigenvalue weighted by Gasteiger charge is 2.64. The van der Waals surface area contributed by atoms with Gasteiger partial charge in [-0.1, -0.05) is 27.7 Å². The topological polar surface area (TPSA) is 91.3 Å². The maximum Gasteiger partial charge on any atom is 0.311 e. The molecule has 8 rings (SSSR count).